The summed E-state index contributed by atoms with van der Waals surface area (Å²) in [4.78, 5) is 24.6. The summed E-state index contributed by atoms with van der Waals surface area (Å²) in [6.07, 6.45) is 79.3. The molecule has 0 spiro atoms. The standard InChI is InChI=1S/C68H131NO5/c1-3-5-7-9-11-13-15-17-18-19-27-31-34-38-42-46-50-54-58-62-68(73)74-63-59-55-51-47-43-39-35-32-29-26-24-22-20-21-23-25-28-30-33-37-41-45-49-53-57-61-67(72)69-65(64-70)66(71)60-56-52-48-44-40-36-16-14-12-10-8-6-4-2/h21-24,65-66,70-71H,3-20,25-64H2,1-2H3,(H,69,72)/b23-21-,24-22-. The molecular weight excluding hydrogens is 911 g/mol. The first-order valence-electron chi connectivity index (χ1n) is 33.6. The molecule has 0 aromatic carbocycles. The molecule has 0 aromatic heterocycles. The van der Waals surface area contributed by atoms with Crippen LogP contribution in [0.1, 0.15) is 373 Å². The third-order valence-electron chi connectivity index (χ3n) is 15.8. The Morgan fingerprint density at radius 2 is 0.676 bits per heavy atom. The molecule has 0 fully saturated rings. The SMILES string of the molecule is CCCCCCCCCCCCCCCCCCCCCC(=O)OCCCCCCCCCCC/C=C\C/C=C\CCCCCCCCCCCC(=O)NC(CO)C(O)CCCCCCCCCCCCCCC. The molecule has 438 valence electrons. The van der Waals surface area contributed by atoms with E-state index in [2.05, 4.69) is 43.5 Å². The van der Waals surface area contributed by atoms with Crippen LogP contribution in [0.15, 0.2) is 24.3 Å². The zero-order valence-corrected chi connectivity index (χ0v) is 50.1. The van der Waals surface area contributed by atoms with Crippen LogP contribution in [0.3, 0.4) is 0 Å². The van der Waals surface area contributed by atoms with E-state index in [1.165, 1.54) is 295 Å². The van der Waals surface area contributed by atoms with Crippen molar-refractivity contribution in [2.75, 3.05) is 13.2 Å². The lowest BCUT2D eigenvalue weighted by Crippen LogP contribution is -2.45. The van der Waals surface area contributed by atoms with Crippen molar-refractivity contribution >= 4 is 11.9 Å². The van der Waals surface area contributed by atoms with E-state index in [9.17, 15) is 19.8 Å². The van der Waals surface area contributed by atoms with Gasteiger partial charge in [-0.1, -0.05) is 327 Å². The molecule has 2 unspecified atom stereocenters. The van der Waals surface area contributed by atoms with Crippen molar-refractivity contribution in [2.24, 2.45) is 0 Å². The molecule has 6 heteroatoms. The number of ether oxygens (including phenoxy) is 1. The van der Waals surface area contributed by atoms with E-state index >= 15 is 0 Å². The predicted molar refractivity (Wildman–Crippen MR) is 324 cm³/mol. The number of amides is 1. The molecular formula is C68H131NO5. The van der Waals surface area contributed by atoms with Crippen LogP contribution in [0.2, 0.25) is 0 Å². The number of hydrogen-bond acceptors (Lipinski definition) is 5. The summed E-state index contributed by atoms with van der Waals surface area (Å²) in [5.41, 5.74) is 0. The summed E-state index contributed by atoms with van der Waals surface area (Å²) in [5.74, 6) is -0.0253. The van der Waals surface area contributed by atoms with Crippen molar-refractivity contribution in [3.05, 3.63) is 24.3 Å². The zero-order chi connectivity index (χ0) is 53.6. The number of allylic oxidation sites excluding steroid dienone is 4. The predicted octanol–water partition coefficient (Wildman–Crippen LogP) is 21.4. The highest BCUT2D eigenvalue weighted by atomic mass is 16.5. The Hall–Kier alpha value is -1.66. The van der Waals surface area contributed by atoms with Crippen molar-refractivity contribution in [1.29, 1.82) is 0 Å². The van der Waals surface area contributed by atoms with Crippen LogP contribution in [0.4, 0.5) is 0 Å². The van der Waals surface area contributed by atoms with E-state index in [4.69, 9.17) is 4.74 Å². The maximum absolute atomic E-state index is 12.5. The largest absolute Gasteiger partial charge is 0.466 e. The van der Waals surface area contributed by atoms with Crippen LogP contribution in [0, 0.1) is 0 Å². The van der Waals surface area contributed by atoms with Gasteiger partial charge in [-0.2, -0.15) is 0 Å². The zero-order valence-electron chi connectivity index (χ0n) is 50.1. The molecule has 0 aliphatic carbocycles. The third kappa shape index (κ3) is 59.6. The average molecular weight is 1040 g/mol. The second kappa shape index (κ2) is 63.9. The smallest absolute Gasteiger partial charge is 0.305 e. The van der Waals surface area contributed by atoms with Crippen molar-refractivity contribution in [3.8, 4) is 0 Å². The van der Waals surface area contributed by atoms with Gasteiger partial charge in [0.25, 0.3) is 0 Å². The first-order chi connectivity index (χ1) is 36.5. The molecule has 0 aliphatic rings. The van der Waals surface area contributed by atoms with Crippen molar-refractivity contribution in [1.82, 2.24) is 5.32 Å². The van der Waals surface area contributed by atoms with E-state index < -0.39 is 12.1 Å². The van der Waals surface area contributed by atoms with Gasteiger partial charge in [-0.15, -0.1) is 0 Å². The Balaban J connectivity index is 3.39. The summed E-state index contributed by atoms with van der Waals surface area (Å²) in [7, 11) is 0. The number of aliphatic hydroxyl groups is 2. The number of carbonyl (C=O) groups excluding carboxylic acids is 2. The fourth-order valence-electron chi connectivity index (χ4n) is 10.6. The number of aliphatic hydroxyl groups excluding tert-OH is 2. The summed E-state index contributed by atoms with van der Waals surface area (Å²) in [5, 5.41) is 23.3. The Morgan fingerprint density at radius 1 is 0.378 bits per heavy atom. The van der Waals surface area contributed by atoms with Gasteiger partial charge >= 0.3 is 5.97 Å². The third-order valence-corrected chi connectivity index (χ3v) is 15.8. The number of unbranched alkanes of at least 4 members (excludes halogenated alkanes) is 48. The van der Waals surface area contributed by atoms with Gasteiger partial charge in [-0.3, -0.25) is 9.59 Å². The van der Waals surface area contributed by atoms with Gasteiger partial charge in [0.2, 0.25) is 5.91 Å². The molecule has 0 saturated carbocycles. The minimum absolute atomic E-state index is 0.0144. The van der Waals surface area contributed by atoms with E-state index in [-0.39, 0.29) is 18.5 Å². The fraction of sp³-hybridized carbons (Fsp3) is 0.912. The molecule has 6 nitrogen and oxygen atoms in total. The maximum Gasteiger partial charge on any atom is 0.305 e. The van der Waals surface area contributed by atoms with Crippen LogP contribution in [0.5, 0.6) is 0 Å². The van der Waals surface area contributed by atoms with Gasteiger partial charge in [0.05, 0.1) is 25.4 Å². The lowest BCUT2D eigenvalue weighted by molar-refractivity contribution is -0.143. The molecule has 0 rings (SSSR count). The lowest BCUT2D eigenvalue weighted by atomic mass is 10.0. The minimum atomic E-state index is -0.667. The molecule has 74 heavy (non-hydrogen) atoms. The van der Waals surface area contributed by atoms with Gasteiger partial charge in [-0.05, 0) is 57.8 Å². The van der Waals surface area contributed by atoms with E-state index in [0.717, 1.165) is 44.9 Å². The summed E-state index contributed by atoms with van der Waals surface area (Å²) >= 11 is 0. The Morgan fingerprint density at radius 3 is 1.03 bits per heavy atom. The highest BCUT2D eigenvalue weighted by Gasteiger charge is 2.20. The summed E-state index contributed by atoms with van der Waals surface area (Å²) < 4.78 is 5.50. The Labute approximate surface area is 462 Å². The maximum atomic E-state index is 12.5. The molecule has 0 aromatic rings. The number of carbonyl (C=O) groups is 2. The molecule has 2 atom stereocenters. The molecule has 3 N–H and O–H groups in total. The average Bonchev–Trinajstić information content (AvgIpc) is 3.40. The van der Waals surface area contributed by atoms with Crippen molar-refractivity contribution in [2.45, 2.75) is 386 Å². The van der Waals surface area contributed by atoms with Crippen LogP contribution >= 0.6 is 0 Å². The van der Waals surface area contributed by atoms with Crippen molar-refractivity contribution in [3.63, 3.8) is 0 Å². The van der Waals surface area contributed by atoms with E-state index in [1.54, 1.807) is 0 Å². The van der Waals surface area contributed by atoms with Crippen LogP contribution < -0.4 is 5.32 Å². The molecule has 0 bridgehead atoms. The topological polar surface area (TPSA) is 95.9 Å². The number of esters is 1. The number of nitrogens with one attached hydrogen (secondary N) is 1. The number of hydrogen-bond donors (Lipinski definition) is 3. The van der Waals surface area contributed by atoms with E-state index in [1.807, 2.05) is 0 Å². The molecule has 0 saturated heterocycles. The highest BCUT2D eigenvalue weighted by Crippen LogP contribution is 2.18. The molecule has 0 aliphatic heterocycles. The molecule has 0 radical (unpaired) electrons. The fourth-order valence-corrected chi connectivity index (χ4v) is 10.6. The normalized spacial score (nSPS) is 12.6. The highest BCUT2D eigenvalue weighted by molar-refractivity contribution is 5.76. The van der Waals surface area contributed by atoms with Gasteiger partial charge in [0.1, 0.15) is 0 Å². The quantitative estimate of drug-likeness (QED) is 0.0320. The van der Waals surface area contributed by atoms with Crippen LogP contribution in [-0.4, -0.2) is 47.4 Å². The Kier molecular flexibility index (Phi) is 62.4. The second-order valence-electron chi connectivity index (χ2n) is 23.2. The second-order valence-corrected chi connectivity index (χ2v) is 23.2. The Bertz CT molecular complexity index is 1150. The van der Waals surface area contributed by atoms with Crippen molar-refractivity contribution < 1.29 is 24.5 Å². The van der Waals surface area contributed by atoms with E-state index in [0.29, 0.717) is 25.9 Å². The molecule has 0 heterocycles. The minimum Gasteiger partial charge on any atom is -0.466 e. The summed E-state index contributed by atoms with van der Waals surface area (Å²) in [6, 6.07) is -0.545. The van der Waals surface area contributed by atoms with Gasteiger partial charge in [0.15, 0.2) is 0 Å². The van der Waals surface area contributed by atoms with Crippen LogP contribution in [0.25, 0.3) is 0 Å². The first-order valence-corrected chi connectivity index (χ1v) is 33.6. The first kappa shape index (κ1) is 72.3. The van der Waals surface area contributed by atoms with Gasteiger partial charge in [0, 0.05) is 12.8 Å². The monoisotopic (exact) mass is 1040 g/mol. The van der Waals surface area contributed by atoms with Gasteiger partial charge in [-0.25, -0.2) is 0 Å². The summed E-state index contributed by atoms with van der Waals surface area (Å²) in [6.45, 7) is 4.97. The van der Waals surface area contributed by atoms with Crippen LogP contribution in [-0.2, 0) is 14.3 Å². The number of rotatable bonds is 63. The van der Waals surface area contributed by atoms with Gasteiger partial charge < -0.3 is 20.3 Å². The molecule has 1 amide bonds. The lowest BCUT2D eigenvalue weighted by Gasteiger charge is -2.22.